The Bertz CT molecular complexity index is 675. The number of ether oxygens (including phenoxy) is 1. The average molecular weight is 397 g/mol. The molecule has 0 aromatic heterocycles. The van der Waals surface area contributed by atoms with Gasteiger partial charge in [-0.15, -0.1) is 0 Å². The highest BCUT2D eigenvalue weighted by Crippen LogP contribution is 2.38. The molecule has 0 amide bonds. The zero-order chi connectivity index (χ0) is 20.3. The summed E-state index contributed by atoms with van der Waals surface area (Å²) in [5.41, 5.74) is 2.52. The lowest BCUT2D eigenvalue weighted by molar-refractivity contribution is -0.227. The van der Waals surface area contributed by atoms with Crippen LogP contribution >= 0.6 is 0 Å². The highest BCUT2D eigenvalue weighted by atomic mass is 17.2. The van der Waals surface area contributed by atoms with Gasteiger partial charge in [-0.3, -0.25) is 0 Å². The minimum atomic E-state index is -0.136. The molecule has 1 aliphatic carbocycles. The van der Waals surface area contributed by atoms with E-state index in [1.807, 2.05) is 42.5 Å². The standard InChI is InChI=1S/C26H36O3/c1-3-4-6-9-21-12-14-22(15-13-21)23-16-18-25(19-17-23)29-28-20-26(27-2)24-10-7-5-8-11-24/h5,7-8,10-11,16-19,21-22,26H,3-4,6,9,12-15,20H2,1-2H3. The second kappa shape index (κ2) is 12.0. The quantitative estimate of drug-likeness (QED) is 0.228. The molecule has 0 saturated heterocycles. The van der Waals surface area contributed by atoms with Gasteiger partial charge in [-0.25, -0.2) is 0 Å². The Labute approximate surface area is 176 Å². The summed E-state index contributed by atoms with van der Waals surface area (Å²) in [6, 6.07) is 18.5. The fourth-order valence-electron chi connectivity index (χ4n) is 4.39. The molecule has 0 N–H and O–H groups in total. The minimum Gasteiger partial charge on any atom is -0.374 e. The first-order valence-electron chi connectivity index (χ1n) is 11.3. The van der Waals surface area contributed by atoms with Gasteiger partial charge in [0, 0.05) is 7.11 Å². The van der Waals surface area contributed by atoms with Gasteiger partial charge >= 0.3 is 0 Å². The van der Waals surface area contributed by atoms with Gasteiger partial charge in [-0.2, -0.15) is 4.89 Å². The van der Waals surface area contributed by atoms with E-state index in [-0.39, 0.29) is 6.10 Å². The summed E-state index contributed by atoms with van der Waals surface area (Å²) >= 11 is 0. The van der Waals surface area contributed by atoms with Gasteiger partial charge < -0.3 is 9.62 Å². The van der Waals surface area contributed by atoms with Crippen molar-refractivity contribution in [3.8, 4) is 5.75 Å². The molecule has 2 aromatic rings. The molecule has 29 heavy (non-hydrogen) atoms. The highest BCUT2D eigenvalue weighted by molar-refractivity contribution is 5.29. The molecule has 0 bridgehead atoms. The van der Waals surface area contributed by atoms with Gasteiger partial charge in [-0.1, -0.05) is 75.1 Å². The maximum Gasteiger partial charge on any atom is 0.165 e. The summed E-state index contributed by atoms with van der Waals surface area (Å²) in [7, 11) is 1.69. The Balaban J connectivity index is 1.41. The van der Waals surface area contributed by atoms with Crippen molar-refractivity contribution >= 4 is 0 Å². The normalized spacial score (nSPS) is 20.3. The van der Waals surface area contributed by atoms with Crippen molar-refractivity contribution in [2.24, 2.45) is 5.92 Å². The lowest BCUT2D eigenvalue weighted by atomic mass is 9.77. The Morgan fingerprint density at radius 3 is 2.28 bits per heavy atom. The van der Waals surface area contributed by atoms with E-state index in [9.17, 15) is 0 Å². The van der Waals surface area contributed by atoms with Gasteiger partial charge in [0.25, 0.3) is 0 Å². The van der Waals surface area contributed by atoms with Crippen LogP contribution < -0.4 is 4.89 Å². The topological polar surface area (TPSA) is 27.7 Å². The van der Waals surface area contributed by atoms with Gasteiger partial charge in [0.15, 0.2) is 5.75 Å². The summed E-state index contributed by atoms with van der Waals surface area (Å²) < 4.78 is 5.51. The van der Waals surface area contributed by atoms with E-state index in [0.29, 0.717) is 12.5 Å². The van der Waals surface area contributed by atoms with Gasteiger partial charge in [-0.05, 0) is 60.8 Å². The molecule has 1 fully saturated rings. The van der Waals surface area contributed by atoms with E-state index in [0.717, 1.165) is 17.2 Å². The monoisotopic (exact) mass is 396 g/mol. The number of hydrogen-bond acceptors (Lipinski definition) is 3. The lowest BCUT2D eigenvalue weighted by Gasteiger charge is -2.29. The van der Waals surface area contributed by atoms with Crippen molar-refractivity contribution in [3.05, 3.63) is 65.7 Å². The zero-order valence-electron chi connectivity index (χ0n) is 18.0. The van der Waals surface area contributed by atoms with Crippen LogP contribution in [0.3, 0.4) is 0 Å². The van der Waals surface area contributed by atoms with Crippen molar-refractivity contribution in [2.75, 3.05) is 13.7 Å². The predicted octanol–water partition coefficient (Wildman–Crippen LogP) is 7.24. The van der Waals surface area contributed by atoms with E-state index in [1.54, 1.807) is 7.11 Å². The van der Waals surface area contributed by atoms with E-state index < -0.39 is 0 Å². The lowest BCUT2D eigenvalue weighted by Crippen LogP contribution is -2.13. The first-order chi connectivity index (χ1) is 14.3. The van der Waals surface area contributed by atoms with Crippen molar-refractivity contribution in [1.29, 1.82) is 0 Å². The van der Waals surface area contributed by atoms with E-state index in [1.165, 1.54) is 56.9 Å². The third-order valence-electron chi connectivity index (χ3n) is 6.24. The number of hydrogen-bond donors (Lipinski definition) is 0. The van der Waals surface area contributed by atoms with Crippen molar-refractivity contribution < 1.29 is 14.5 Å². The molecule has 0 aliphatic heterocycles. The molecule has 3 heteroatoms. The smallest absolute Gasteiger partial charge is 0.165 e. The van der Waals surface area contributed by atoms with Crippen molar-refractivity contribution in [1.82, 2.24) is 0 Å². The van der Waals surface area contributed by atoms with Crippen LogP contribution in [-0.2, 0) is 9.62 Å². The largest absolute Gasteiger partial charge is 0.374 e. The molecule has 0 radical (unpaired) electrons. The molecule has 3 nitrogen and oxygen atoms in total. The number of methoxy groups -OCH3 is 1. The van der Waals surface area contributed by atoms with Crippen LogP contribution in [0, 0.1) is 5.92 Å². The van der Waals surface area contributed by atoms with Crippen LogP contribution in [0.25, 0.3) is 0 Å². The van der Waals surface area contributed by atoms with Crippen LogP contribution in [0.4, 0.5) is 0 Å². The first kappa shape index (κ1) is 21.9. The molecule has 0 heterocycles. The van der Waals surface area contributed by atoms with Crippen LogP contribution in [0.15, 0.2) is 54.6 Å². The Morgan fingerprint density at radius 2 is 1.62 bits per heavy atom. The first-order valence-corrected chi connectivity index (χ1v) is 11.3. The third kappa shape index (κ3) is 6.87. The van der Waals surface area contributed by atoms with E-state index in [2.05, 4.69) is 19.1 Å². The Hall–Kier alpha value is -1.84. The number of unbranched alkanes of at least 4 members (excludes halogenated alkanes) is 2. The highest BCUT2D eigenvalue weighted by Gasteiger charge is 2.22. The summed E-state index contributed by atoms with van der Waals surface area (Å²) in [5.74, 6) is 2.39. The van der Waals surface area contributed by atoms with Gasteiger partial charge in [0.2, 0.25) is 0 Å². The van der Waals surface area contributed by atoms with Crippen molar-refractivity contribution in [3.63, 3.8) is 0 Å². The Kier molecular flexibility index (Phi) is 9.04. The minimum absolute atomic E-state index is 0.136. The fraction of sp³-hybridized carbons (Fsp3) is 0.538. The fourth-order valence-corrected chi connectivity index (χ4v) is 4.39. The third-order valence-corrected chi connectivity index (χ3v) is 6.24. The maximum atomic E-state index is 5.51. The van der Waals surface area contributed by atoms with Crippen LogP contribution in [-0.4, -0.2) is 13.7 Å². The Morgan fingerprint density at radius 1 is 0.897 bits per heavy atom. The molecule has 1 unspecified atom stereocenters. The van der Waals surface area contributed by atoms with Crippen LogP contribution in [0.2, 0.25) is 0 Å². The van der Waals surface area contributed by atoms with Gasteiger partial charge in [0.05, 0.1) is 0 Å². The zero-order valence-corrected chi connectivity index (χ0v) is 18.0. The second-order valence-corrected chi connectivity index (χ2v) is 8.29. The van der Waals surface area contributed by atoms with Crippen molar-refractivity contribution in [2.45, 2.75) is 70.3 Å². The SMILES string of the molecule is CCCCCC1CCC(c2ccc(OOCC(OC)c3ccccc3)cc2)CC1. The summed E-state index contributed by atoms with van der Waals surface area (Å²) in [6.07, 6.45) is 10.8. The maximum absolute atomic E-state index is 5.51. The second-order valence-electron chi connectivity index (χ2n) is 8.29. The molecule has 0 spiro atoms. The molecular weight excluding hydrogens is 360 g/mol. The predicted molar refractivity (Wildman–Crippen MR) is 118 cm³/mol. The molecule has 1 atom stereocenters. The van der Waals surface area contributed by atoms with Gasteiger partial charge in [0.1, 0.15) is 12.7 Å². The number of rotatable bonds is 11. The summed E-state index contributed by atoms with van der Waals surface area (Å²) in [6.45, 7) is 2.64. The molecule has 1 saturated carbocycles. The van der Waals surface area contributed by atoms with E-state index in [4.69, 9.17) is 14.5 Å². The summed E-state index contributed by atoms with van der Waals surface area (Å²) in [5, 5.41) is 0. The summed E-state index contributed by atoms with van der Waals surface area (Å²) in [4.78, 5) is 10.9. The van der Waals surface area contributed by atoms with Crippen LogP contribution in [0.5, 0.6) is 5.75 Å². The molecule has 158 valence electrons. The average Bonchev–Trinajstić information content (AvgIpc) is 2.78. The molecule has 3 rings (SSSR count). The number of benzene rings is 2. The molecule has 2 aromatic carbocycles. The molecule has 1 aliphatic rings. The van der Waals surface area contributed by atoms with E-state index >= 15 is 0 Å². The molecular formula is C26H36O3. The van der Waals surface area contributed by atoms with Crippen LogP contribution in [0.1, 0.15) is 81.4 Å².